The number of nitrogens with zero attached hydrogens (tertiary/aromatic N) is 1. The maximum absolute atomic E-state index is 12.3. The Balaban J connectivity index is 2.12. The maximum atomic E-state index is 12.3. The molecule has 0 radical (unpaired) electrons. The summed E-state index contributed by atoms with van der Waals surface area (Å²) in [6, 6.07) is 5.18. The molecule has 0 bridgehead atoms. The lowest BCUT2D eigenvalue weighted by molar-refractivity contribution is 0.0938. The summed E-state index contributed by atoms with van der Waals surface area (Å²) in [7, 11) is 0. The van der Waals surface area contributed by atoms with Crippen LogP contribution >= 0.6 is 45.5 Å². The first-order valence-electron chi connectivity index (χ1n) is 6.21. The number of amides is 1. The zero-order chi connectivity index (χ0) is 14.7. The van der Waals surface area contributed by atoms with Crippen LogP contribution in [-0.4, -0.2) is 10.9 Å². The Morgan fingerprint density at radius 3 is 2.95 bits per heavy atom. The van der Waals surface area contributed by atoms with Crippen molar-refractivity contribution in [3.05, 3.63) is 48.4 Å². The molecule has 0 spiro atoms. The van der Waals surface area contributed by atoms with Crippen molar-refractivity contribution in [1.29, 1.82) is 0 Å². The standard InChI is InChI=1S/C14H14ClIN2OS/c1-3-13-18-12(7-20-13)8(2)17-14(19)10-6-9(15)4-5-11(10)16/h4-8H,3H2,1-2H3,(H,17,19). The molecule has 20 heavy (non-hydrogen) atoms. The number of hydrogen-bond acceptors (Lipinski definition) is 3. The van der Waals surface area contributed by atoms with Crippen molar-refractivity contribution in [2.45, 2.75) is 26.3 Å². The van der Waals surface area contributed by atoms with Gasteiger partial charge < -0.3 is 5.32 Å². The topological polar surface area (TPSA) is 42.0 Å². The molecule has 1 N–H and O–H groups in total. The summed E-state index contributed by atoms with van der Waals surface area (Å²) in [6.07, 6.45) is 0.914. The van der Waals surface area contributed by atoms with Crippen LogP contribution in [0.15, 0.2) is 23.6 Å². The lowest BCUT2D eigenvalue weighted by atomic mass is 10.2. The normalized spacial score (nSPS) is 12.2. The van der Waals surface area contributed by atoms with Crippen LogP contribution < -0.4 is 5.32 Å². The van der Waals surface area contributed by atoms with E-state index >= 15 is 0 Å². The van der Waals surface area contributed by atoms with Gasteiger partial charge in [-0.2, -0.15) is 0 Å². The van der Waals surface area contributed by atoms with E-state index in [-0.39, 0.29) is 11.9 Å². The second-order valence-corrected chi connectivity index (χ2v) is 6.88. The molecule has 1 aromatic heterocycles. The highest BCUT2D eigenvalue weighted by Gasteiger charge is 2.16. The van der Waals surface area contributed by atoms with Gasteiger partial charge in [0.15, 0.2) is 0 Å². The van der Waals surface area contributed by atoms with Crippen LogP contribution in [0.2, 0.25) is 5.02 Å². The molecule has 1 amide bonds. The predicted octanol–water partition coefficient (Wildman–Crippen LogP) is 4.45. The van der Waals surface area contributed by atoms with Crippen molar-refractivity contribution in [2.24, 2.45) is 0 Å². The average molecular weight is 421 g/mol. The monoisotopic (exact) mass is 420 g/mol. The number of hydrogen-bond donors (Lipinski definition) is 1. The molecule has 2 aromatic rings. The van der Waals surface area contributed by atoms with Gasteiger partial charge in [0.25, 0.3) is 5.91 Å². The third-order valence-electron chi connectivity index (χ3n) is 2.84. The molecule has 6 heteroatoms. The lowest BCUT2D eigenvalue weighted by Crippen LogP contribution is -2.27. The molecule has 0 aliphatic heterocycles. The van der Waals surface area contributed by atoms with Crippen LogP contribution in [0.3, 0.4) is 0 Å². The number of rotatable bonds is 4. The van der Waals surface area contributed by atoms with Crippen molar-refractivity contribution in [1.82, 2.24) is 10.3 Å². The number of carbonyl (C=O) groups excluding carboxylic acids is 1. The Labute approximate surface area is 140 Å². The third kappa shape index (κ3) is 3.71. The molecule has 2 rings (SSSR count). The summed E-state index contributed by atoms with van der Waals surface area (Å²) in [5, 5.41) is 6.59. The van der Waals surface area contributed by atoms with Crippen LogP contribution in [0, 0.1) is 3.57 Å². The summed E-state index contributed by atoms with van der Waals surface area (Å²) < 4.78 is 0.879. The van der Waals surface area contributed by atoms with E-state index in [4.69, 9.17) is 11.6 Å². The summed E-state index contributed by atoms with van der Waals surface area (Å²) >= 11 is 9.69. The first kappa shape index (κ1) is 15.7. The van der Waals surface area contributed by atoms with Gasteiger partial charge in [-0.3, -0.25) is 4.79 Å². The fourth-order valence-electron chi connectivity index (χ4n) is 1.71. The summed E-state index contributed by atoms with van der Waals surface area (Å²) in [5.74, 6) is -0.129. The molecule has 106 valence electrons. The largest absolute Gasteiger partial charge is 0.344 e. The van der Waals surface area contributed by atoms with Gasteiger partial charge in [-0.25, -0.2) is 4.98 Å². The number of thiazole rings is 1. The first-order chi connectivity index (χ1) is 9.51. The van der Waals surface area contributed by atoms with Gasteiger partial charge in [0.1, 0.15) is 0 Å². The summed E-state index contributed by atoms with van der Waals surface area (Å²) in [5.41, 5.74) is 1.49. The van der Waals surface area contributed by atoms with Gasteiger partial charge in [0.05, 0.1) is 22.3 Å². The second-order valence-electron chi connectivity index (χ2n) is 4.34. The maximum Gasteiger partial charge on any atom is 0.252 e. The van der Waals surface area contributed by atoms with Crippen LogP contribution in [0.4, 0.5) is 0 Å². The minimum absolute atomic E-state index is 0.117. The molecule has 0 aliphatic carbocycles. The Kier molecular flexibility index (Phi) is 5.40. The number of halogens is 2. The SMILES string of the molecule is CCc1nc(C(C)NC(=O)c2cc(Cl)ccc2I)cs1. The van der Waals surface area contributed by atoms with Gasteiger partial charge in [0, 0.05) is 14.0 Å². The van der Waals surface area contributed by atoms with E-state index in [9.17, 15) is 4.79 Å². The smallest absolute Gasteiger partial charge is 0.252 e. The quantitative estimate of drug-likeness (QED) is 0.742. The number of nitrogens with one attached hydrogen (secondary N) is 1. The van der Waals surface area contributed by atoms with Crippen LogP contribution in [0.5, 0.6) is 0 Å². The van der Waals surface area contributed by atoms with E-state index in [2.05, 4.69) is 39.8 Å². The van der Waals surface area contributed by atoms with E-state index in [1.165, 1.54) is 0 Å². The van der Waals surface area contributed by atoms with Crippen molar-refractivity contribution >= 4 is 51.4 Å². The first-order valence-corrected chi connectivity index (χ1v) is 8.55. The molecule has 1 aromatic carbocycles. The zero-order valence-corrected chi connectivity index (χ0v) is 14.8. The molecule has 3 nitrogen and oxygen atoms in total. The lowest BCUT2D eigenvalue weighted by Gasteiger charge is -2.12. The van der Waals surface area contributed by atoms with Gasteiger partial charge in [-0.1, -0.05) is 18.5 Å². The van der Waals surface area contributed by atoms with E-state index in [1.807, 2.05) is 18.4 Å². The summed E-state index contributed by atoms with van der Waals surface area (Å²) in [6.45, 7) is 4.00. The van der Waals surface area contributed by atoms with E-state index in [0.717, 1.165) is 20.7 Å². The van der Waals surface area contributed by atoms with Crippen molar-refractivity contribution in [3.8, 4) is 0 Å². The van der Waals surface area contributed by atoms with E-state index in [1.54, 1.807) is 23.5 Å². The van der Waals surface area contributed by atoms with Crippen molar-refractivity contribution in [2.75, 3.05) is 0 Å². The molecule has 0 aliphatic rings. The Hall–Kier alpha value is -0.660. The molecular formula is C14H14ClIN2OS. The number of aryl methyl sites for hydroxylation is 1. The van der Waals surface area contributed by atoms with Gasteiger partial charge in [0.2, 0.25) is 0 Å². The highest BCUT2D eigenvalue weighted by molar-refractivity contribution is 14.1. The van der Waals surface area contributed by atoms with Gasteiger partial charge in [-0.15, -0.1) is 11.3 Å². The Morgan fingerprint density at radius 2 is 2.30 bits per heavy atom. The number of aromatic nitrogens is 1. The molecule has 0 saturated heterocycles. The molecule has 1 heterocycles. The molecule has 0 saturated carbocycles. The van der Waals surface area contributed by atoms with Crippen LogP contribution in [0.25, 0.3) is 0 Å². The van der Waals surface area contributed by atoms with Crippen LogP contribution in [-0.2, 0) is 6.42 Å². The van der Waals surface area contributed by atoms with E-state index in [0.29, 0.717) is 10.6 Å². The van der Waals surface area contributed by atoms with Crippen molar-refractivity contribution < 1.29 is 4.79 Å². The Morgan fingerprint density at radius 1 is 1.55 bits per heavy atom. The molecule has 1 atom stereocenters. The molecule has 0 fully saturated rings. The van der Waals surface area contributed by atoms with E-state index < -0.39 is 0 Å². The second kappa shape index (κ2) is 6.87. The highest BCUT2D eigenvalue weighted by Crippen LogP contribution is 2.20. The fourth-order valence-corrected chi connectivity index (χ4v) is 3.30. The third-order valence-corrected chi connectivity index (χ3v) is 5.02. The number of carbonyl (C=O) groups is 1. The zero-order valence-electron chi connectivity index (χ0n) is 11.1. The Bertz CT molecular complexity index is 629. The average Bonchev–Trinajstić information content (AvgIpc) is 2.90. The molecular weight excluding hydrogens is 407 g/mol. The van der Waals surface area contributed by atoms with Crippen LogP contribution in [0.1, 0.15) is 40.9 Å². The van der Waals surface area contributed by atoms with Gasteiger partial charge >= 0.3 is 0 Å². The fraction of sp³-hybridized carbons (Fsp3) is 0.286. The highest BCUT2D eigenvalue weighted by atomic mass is 127. The minimum atomic E-state index is -0.129. The number of benzene rings is 1. The molecule has 1 unspecified atom stereocenters. The predicted molar refractivity (Wildman–Crippen MR) is 91.5 cm³/mol. The van der Waals surface area contributed by atoms with Crippen molar-refractivity contribution in [3.63, 3.8) is 0 Å². The minimum Gasteiger partial charge on any atom is -0.344 e. The van der Waals surface area contributed by atoms with Gasteiger partial charge in [-0.05, 0) is 54.1 Å². The summed E-state index contributed by atoms with van der Waals surface area (Å²) in [4.78, 5) is 16.8.